The molecule has 0 aliphatic carbocycles. The Labute approximate surface area is 138 Å². The monoisotopic (exact) mass is 312 g/mol. The van der Waals surface area contributed by atoms with E-state index in [4.69, 9.17) is 9.47 Å². The summed E-state index contributed by atoms with van der Waals surface area (Å²) in [6, 6.07) is 16.1. The molecule has 0 bridgehead atoms. The summed E-state index contributed by atoms with van der Waals surface area (Å²) in [7, 11) is 1.67. The van der Waals surface area contributed by atoms with Gasteiger partial charge in [0.05, 0.1) is 25.0 Å². The second kappa shape index (κ2) is 6.41. The summed E-state index contributed by atoms with van der Waals surface area (Å²) in [6.45, 7) is 6.90. The average molecular weight is 312 g/mol. The van der Waals surface area contributed by atoms with Gasteiger partial charge in [0.2, 0.25) is 0 Å². The molecule has 23 heavy (non-hydrogen) atoms. The standard InChI is InChI=1S/C19H24N2O2/c1-19(2)14-21(18-7-5-4-6-17(18)20-19)12-13-23-16-10-8-15(22-3)9-11-16/h4-11,20H,12-14H2,1-3H3. The van der Waals surface area contributed by atoms with Crippen molar-refractivity contribution in [2.45, 2.75) is 19.4 Å². The quantitative estimate of drug-likeness (QED) is 0.911. The van der Waals surface area contributed by atoms with Crippen LogP contribution in [0.2, 0.25) is 0 Å². The molecule has 0 atom stereocenters. The van der Waals surface area contributed by atoms with E-state index in [1.807, 2.05) is 24.3 Å². The molecule has 4 nitrogen and oxygen atoms in total. The van der Waals surface area contributed by atoms with Gasteiger partial charge in [0.15, 0.2) is 0 Å². The van der Waals surface area contributed by atoms with Gasteiger partial charge in [-0.3, -0.25) is 0 Å². The van der Waals surface area contributed by atoms with Crippen LogP contribution >= 0.6 is 0 Å². The molecule has 1 N–H and O–H groups in total. The van der Waals surface area contributed by atoms with Gasteiger partial charge in [-0.1, -0.05) is 12.1 Å². The van der Waals surface area contributed by atoms with Crippen molar-refractivity contribution in [2.24, 2.45) is 0 Å². The van der Waals surface area contributed by atoms with Crippen molar-refractivity contribution >= 4 is 11.4 Å². The van der Waals surface area contributed by atoms with Crippen molar-refractivity contribution in [3.63, 3.8) is 0 Å². The maximum absolute atomic E-state index is 5.87. The van der Waals surface area contributed by atoms with E-state index in [-0.39, 0.29) is 5.54 Å². The van der Waals surface area contributed by atoms with Gasteiger partial charge >= 0.3 is 0 Å². The second-order valence-electron chi connectivity index (χ2n) is 6.47. The van der Waals surface area contributed by atoms with Crippen LogP contribution in [-0.2, 0) is 0 Å². The molecule has 0 saturated carbocycles. The predicted octanol–water partition coefficient (Wildman–Crippen LogP) is 3.78. The maximum atomic E-state index is 5.87. The summed E-state index contributed by atoms with van der Waals surface area (Å²) in [5.74, 6) is 1.71. The Bertz CT molecular complexity index is 653. The van der Waals surface area contributed by atoms with Crippen molar-refractivity contribution in [1.29, 1.82) is 0 Å². The Kier molecular flexibility index (Phi) is 4.33. The first-order valence-corrected chi connectivity index (χ1v) is 7.96. The number of benzene rings is 2. The number of nitrogens with zero attached hydrogens (tertiary/aromatic N) is 1. The molecule has 0 amide bonds. The molecule has 1 aliphatic rings. The van der Waals surface area contributed by atoms with Crippen molar-refractivity contribution < 1.29 is 9.47 Å². The summed E-state index contributed by atoms with van der Waals surface area (Å²) < 4.78 is 11.0. The van der Waals surface area contributed by atoms with Crippen LogP contribution in [0.25, 0.3) is 0 Å². The molecule has 4 heteroatoms. The minimum absolute atomic E-state index is 0.0501. The number of ether oxygens (including phenoxy) is 2. The first-order valence-electron chi connectivity index (χ1n) is 7.96. The number of fused-ring (bicyclic) bond motifs is 1. The fraction of sp³-hybridized carbons (Fsp3) is 0.368. The van der Waals surface area contributed by atoms with Crippen molar-refractivity contribution in [2.75, 3.05) is 37.0 Å². The number of nitrogens with one attached hydrogen (secondary N) is 1. The summed E-state index contributed by atoms with van der Waals surface area (Å²) in [5.41, 5.74) is 2.48. The van der Waals surface area contributed by atoms with Crippen molar-refractivity contribution in [1.82, 2.24) is 0 Å². The van der Waals surface area contributed by atoms with Crippen LogP contribution in [0.3, 0.4) is 0 Å². The van der Waals surface area contributed by atoms with E-state index >= 15 is 0 Å². The lowest BCUT2D eigenvalue weighted by Crippen LogP contribution is -2.49. The minimum Gasteiger partial charge on any atom is -0.497 e. The van der Waals surface area contributed by atoms with Gasteiger partial charge in [-0.05, 0) is 50.2 Å². The van der Waals surface area contributed by atoms with Crippen LogP contribution in [0.1, 0.15) is 13.8 Å². The molecule has 2 aromatic rings. The average Bonchev–Trinajstić information content (AvgIpc) is 2.54. The highest BCUT2D eigenvalue weighted by Gasteiger charge is 2.28. The van der Waals surface area contributed by atoms with E-state index in [2.05, 4.69) is 48.3 Å². The molecule has 0 fully saturated rings. The Hall–Kier alpha value is -2.36. The van der Waals surface area contributed by atoms with Gasteiger partial charge in [0.1, 0.15) is 18.1 Å². The van der Waals surface area contributed by atoms with E-state index in [1.54, 1.807) is 7.11 Å². The summed E-state index contributed by atoms with van der Waals surface area (Å²) in [6.07, 6.45) is 0. The van der Waals surface area contributed by atoms with Crippen LogP contribution in [0, 0.1) is 0 Å². The highest BCUT2D eigenvalue weighted by atomic mass is 16.5. The molecule has 0 saturated heterocycles. The van der Waals surface area contributed by atoms with Crippen LogP contribution < -0.4 is 19.7 Å². The van der Waals surface area contributed by atoms with Crippen molar-refractivity contribution in [3.8, 4) is 11.5 Å². The third kappa shape index (κ3) is 3.70. The van der Waals surface area contributed by atoms with Gasteiger partial charge in [-0.2, -0.15) is 0 Å². The highest BCUT2D eigenvalue weighted by molar-refractivity contribution is 5.73. The van der Waals surface area contributed by atoms with Gasteiger partial charge < -0.3 is 19.7 Å². The van der Waals surface area contributed by atoms with E-state index in [0.717, 1.165) is 24.6 Å². The van der Waals surface area contributed by atoms with Gasteiger partial charge in [0.25, 0.3) is 0 Å². The molecule has 0 aromatic heterocycles. The maximum Gasteiger partial charge on any atom is 0.119 e. The summed E-state index contributed by atoms with van der Waals surface area (Å²) in [4.78, 5) is 2.38. The van der Waals surface area contributed by atoms with E-state index < -0.39 is 0 Å². The smallest absolute Gasteiger partial charge is 0.119 e. The zero-order chi connectivity index (χ0) is 16.3. The largest absolute Gasteiger partial charge is 0.497 e. The number of hydrogen-bond acceptors (Lipinski definition) is 4. The van der Waals surface area contributed by atoms with Gasteiger partial charge in [0, 0.05) is 12.1 Å². The predicted molar refractivity (Wildman–Crippen MR) is 94.8 cm³/mol. The van der Waals surface area contributed by atoms with E-state index in [1.165, 1.54) is 11.4 Å². The molecule has 122 valence electrons. The number of methoxy groups -OCH3 is 1. The first kappa shape index (κ1) is 15.5. The third-order valence-corrected chi connectivity index (χ3v) is 3.99. The number of hydrogen-bond donors (Lipinski definition) is 1. The van der Waals surface area contributed by atoms with Gasteiger partial charge in [-0.25, -0.2) is 0 Å². The molecular formula is C19H24N2O2. The number of anilines is 2. The number of rotatable bonds is 5. The SMILES string of the molecule is COc1ccc(OCCN2CC(C)(C)Nc3ccccc32)cc1. The Morgan fingerprint density at radius 1 is 1.04 bits per heavy atom. The highest BCUT2D eigenvalue weighted by Crippen LogP contribution is 2.33. The number of para-hydroxylation sites is 2. The molecule has 3 rings (SSSR count). The zero-order valence-corrected chi connectivity index (χ0v) is 14.0. The Morgan fingerprint density at radius 3 is 2.48 bits per heavy atom. The van der Waals surface area contributed by atoms with Crippen LogP contribution in [0.4, 0.5) is 11.4 Å². The summed E-state index contributed by atoms with van der Waals surface area (Å²) >= 11 is 0. The Morgan fingerprint density at radius 2 is 1.74 bits per heavy atom. The molecule has 0 spiro atoms. The van der Waals surface area contributed by atoms with E-state index in [0.29, 0.717) is 6.61 Å². The topological polar surface area (TPSA) is 33.7 Å². The summed E-state index contributed by atoms with van der Waals surface area (Å²) in [5, 5.41) is 3.59. The lowest BCUT2D eigenvalue weighted by molar-refractivity contribution is 0.319. The van der Waals surface area contributed by atoms with Crippen LogP contribution in [-0.4, -0.2) is 32.3 Å². The molecular weight excluding hydrogens is 288 g/mol. The zero-order valence-electron chi connectivity index (χ0n) is 14.0. The molecule has 1 aliphatic heterocycles. The molecule has 1 heterocycles. The molecule has 0 unspecified atom stereocenters. The van der Waals surface area contributed by atoms with Crippen LogP contribution in [0.15, 0.2) is 48.5 Å². The lowest BCUT2D eigenvalue weighted by atomic mass is 9.99. The van der Waals surface area contributed by atoms with E-state index in [9.17, 15) is 0 Å². The minimum atomic E-state index is 0.0501. The Balaban J connectivity index is 1.63. The van der Waals surface area contributed by atoms with Crippen LogP contribution in [0.5, 0.6) is 11.5 Å². The van der Waals surface area contributed by atoms with Crippen molar-refractivity contribution in [3.05, 3.63) is 48.5 Å². The molecule has 2 aromatic carbocycles. The normalized spacial score (nSPS) is 15.5. The third-order valence-electron chi connectivity index (χ3n) is 3.99. The lowest BCUT2D eigenvalue weighted by Gasteiger charge is -2.42. The first-order chi connectivity index (χ1) is 11.1. The fourth-order valence-corrected chi connectivity index (χ4v) is 2.97. The van der Waals surface area contributed by atoms with Gasteiger partial charge in [-0.15, -0.1) is 0 Å². The fourth-order valence-electron chi connectivity index (χ4n) is 2.97. The second-order valence-corrected chi connectivity index (χ2v) is 6.47. The molecule has 0 radical (unpaired) electrons.